The number of carbonyl (C=O) groups is 1. The first kappa shape index (κ1) is 18.0. The number of nitrogens with zero attached hydrogens (tertiary/aromatic N) is 4. The Kier molecular flexibility index (Phi) is 4.57. The van der Waals surface area contributed by atoms with E-state index < -0.39 is 5.79 Å². The molecule has 5 rings (SSSR count). The molecule has 2 aliphatic rings. The lowest BCUT2D eigenvalue weighted by Gasteiger charge is -2.37. The van der Waals surface area contributed by atoms with Crippen LogP contribution in [0.5, 0.6) is 0 Å². The minimum atomic E-state index is -0.503. The number of piperidine rings is 1. The number of carbonyl (C=O) groups excluding carboxylic acids is 1. The van der Waals surface area contributed by atoms with E-state index in [1.807, 2.05) is 30.3 Å². The van der Waals surface area contributed by atoms with Crippen LogP contribution in [0, 0.1) is 0 Å². The third kappa shape index (κ3) is 3.52. The molecule has 3 aromatic rings. The summed E-state index contributed by atoms with van der Waals surface area (Å²) in [5.74, 6) is -0.249. The monoisotopic (exact) mass is 391 g/mol. The molecule has 29 heavy (non-hydrogen) atoms. The van der Waals surface area contributed by atoms with E-state index in [0.29, 0.717) is 50.8 Å². The maximum absolute atomic E-state index is 12.9. The molecule has 148 valence electrons. The van der Waals surface area contributed by atoms with E-state index >= 15 is 0 Å². The van der Waals surface area contributed by atoms with Crippen molar-refractivity contribution in [2.45, 2.75) is 18.6 Å². The third-order valence-electron chi connectivity index (χ3n) is 5.38. The van der Waals surface area contributed by atoms with Gasteiger partial charge in [-0.25, -0.2) is 9.97 Å². The van der Waals surface area contributed by atoms with Gasteiger partial charge in [-0.05, 0) is 18.2 Å². The first-order chi connectivity index (χ1) is 14.2. The zero-order valence-corrected chi connectivity index (χ0v) is 15.9. The summed E-state index contributed by atoms with van der Waals surface area (Å²) in [6.45, 7) is 2.41. The minimum Gasteiger partial charge on any atom is -0.347 e. The molecule has 1 amide bonds. The summed E-state index contributed by atoms with van der Waals surface area (Å²) < 4.78 is 11.5. The van der Waals surface area contributed by atoms with Gasteiger partial charge in [-0.3, -0.25) is 9.78 Å². The third-order valence-corrected chi connectivity index (χ3v) is 5.38. The number of aromatic nitrogens is 3. The van der Waals surface area contributed by atoms with E-state index in [0.717, 1.165) is 16.6 Å². The van der Waals surface area contributed by atoms with Crippen molar-refractivity contribution in [3.63, 3.8) is 0 Å². The predicted molar refractivity (Wildman–Crippen MR) is 107 cm³/mol. The Balaban J connectivity index is 1.32. The van der Waals surface area contributed by atoms with Crippen LogP contribution in [-0.4, -0.2) is 57.8 Å². The average molecular weight is 391 g/mol. The topological polar surface area (TPSA) is 89.5 Å². The van der Waals surface area contributed by atoms with Crippen LogP contribution in [-0.2, 0) is 9.47 Å². The van der Waals surface area contributed by atoms with Crippen molar-refractivity contribution in [2.24, 2.45) is 0 Å². The number of hydrogen-bond donors (Lipinski definition) is 1. The standard InChI is InChI=1S/C21H21N5O3/c27-19(26-11-7-21(8-12-26)28-13-14-29-21)17-6-10-23-20(25-17)24-16-5-1-3-15-4-2-9-22-18(15)16/h1-6,9-10H,7-8,11-14H2,(H,23,24,25). The fraction of sp³-hybridized carbons (Fsp3) is 0.333. The molecule has 4 heterocycles. The van der Waals surface area contributed by atoms with Crippen LogP contribution >= 0.6 is 0 Å². The fourth-order valence-electron chi connectivity index (χ4n) is 3.86. The molecule has 0 aliphatic carbocycles. The highest BCUT2D eigenvalue weighted by Crippen LogP contribution is 2.31. The Labute approximate surface area is 167 Å². The highest BCUT2D eigenvalue weighted by Gasteiger charge is 2.41. The van der Waals surface area contributed by atoms with Crippen LogP contribution in [0.25, 0.3) is 10.9 Å². The second-order valence-electron chi connectivity index (χ2n) is 7.17. The van der Waals surface area contributed by atoms with Gasteiger partial charge < -0.3 is 19.7 Å². The summed E-state index contributed by atoms with van der Waals surface area (Å²) >= 11 is 0. The van der Waals surface area contributed by atoms with Gasteiger partial charge in [0.15, 0.2) is 5.79 Å². The molecule has 8 nitrogen and oxygen atoms in total. The number of para-hydroxylation sites is 1. The summed E-state index contributed by atoms with van der Waals surface area (Å²) in [5.41, 5.74) is 1.98. The van der Waals surface area contributed by atoms with E-state index in [1.165, 1.54) is 0 Å². The van der Waals surface area contributed by atoms with Crippen molar-refractivity contribution in [2.75, 3.05) is 31.6 Å². The zero-order chi connectivity index (χ0) is 19.7. The van der Waals surface area contributed by atoms with E-state index in [1.54, 1.807) is 23.4 Å². The minimum absolute atomic E-state index is 0.112. The molecule has 0 unspecified atom stereocenters. The molecular weight excluding hydrogens is 370 g/mol. The van der Waals surface area contributed by atoms with Gasteiger partial charge in [0.2, 0.25) is 5.95 Å². The number of nitrogens with one attached hydrogen (secondary N) is 1. The number of benzene rings is 1. The number of amides is 1. The van der Waals surface area contributed by atoms with Crippen molar-refractivity contribution >= 4 is 28.4 Å². The van der Waals surface area contributed by atoms with Gasteiger partial charge in [-0.2, -0.15) is 0 Å². The van der Waals surface area contributed by atoms with E-state index in [9.17, 15) is 4.79 Å². The Morgan fingerprint density at radius 3 is 2.62 bits per heavy atom. The van der Waals surface area contributed by atoms with Crippen LogP contribution in [0.15, 0.2) is 48.8 Å². The lowest BCUT2D eigenvalue weighted by molar-refractivity contribution is -0.181. The molecule has 2 aromatic heterocycles. The number of hydrogen-bond acceptors (Lipinski definition) is 7. The molecule has 0 atom stereocenters. The van der Waals surface area contributed by atoms with Crippen LogP contribution in [0.4, 0.5) is 11.6 Å². The highest BCUT2D eigenvalue weighted by atomic mass is 16.7. The van der Waals surface area contributed by atoms with E-state index in [-0.39, 0.29) is 5.91 Å². The van der Waals surface area contributed by atoms with Crippen LogP contribution in [0.2, 0.25) is 0 Å². The Bertz CT molecular complexity index is 1040. The molecule has 0 bridgehead atoms. The maximum Gasteiger partial charge on any atom is 0.272 e. The van der Waals surface area contributed by atoms with Crippen molar-refractivity contribution in [3.8, 4) is 0 Å². The number of ether oxygens (including phenoxy) is 2. The fourth-order valence-corrected chi connectivity index (χ4v) is 3.86. The molecule has 2 aliphatic heterocycles. The zero-order valence-electron chi connectivity index (χ0n) is 15.9. The van der Waals surface area contributed by atoms with Gasteiger partial charge >= 0.3 is 0 Å². The van der Waals surface area contributed by atoms with Crippen LogP contribution in [0.1, 0.15) is 23.3 Å². The largest absolute Gasteiger partial charge is 0.347 e. The summed E-state index contributed by atoms with van der Waals surface area (Å²) in [5, 5.41) is 4.21. The Morgan fingerprint density at radius 2 is 1.79 bits per heavy atom. The number of likely N-dealkylation sites (tertiary alicyclic amines) is 1. The molecule has 2 fully saturated rings. The van der Waals surface area contributed by atoms with E-state index in [4.69, 9.17) is 9.47 Å². The molecular formula is C21H21N5O3. The van der Waals surface area contributed by atoms with Gasteiger partial charge in [-0.1, -0.05) is 18.2 Å². The van der Waals surface area contributed by atoms with Crippen molar-refractivity contribution < 1.29 is 14.3 Å². The number of rotatable bonds is 3. The molecule has 0 radical (unpaired) electrons. The number of fused-ring (bicyclic) bond motifs is 1. The van der Waals surface area contributed by atoms with Crippen molar-refractivity contribution in [3.05, 3.63) is 54.5 Å². The Morgan fingerprint density at radius 1 is 1.00 bits per heavy atom. The maximum atomic E-state index is 12.9. The molecule has 8 heteroatoms. The van der Waals surface area contributed by atoms with Crippen LogP contribution in [0.3, 0.4) is 0 Å². The lowest BCUT2D eigenvalue weighted by Crippen LogP contribution is -2.47. The normalized spacial score (nSPS) is 18.3. The second-order valence-corrected chi connectivity index (χ2v) is 7.17. The second kappa shape index (κ2) is 7.38. The lowest BCUT2D eigenvalue weighted by atomic mass is 10.0. The first-order valence-corrected chi connectivity index (χ1v) is 9.74. The SMILES string of the molecule is O=C(c1ccnc(Nc2cccc3cccnc23)n1)N1CCC2(CC1)OCCO2. The van der Waals surface area contributed by atoms with E-state index in [2.05, 4.69) is 20.3 Å². The molecule has 2 saturated heterocycles. The van der Waals surface area contributed by atoms with Gasteiger partial charge in [-0.15, -0.1) is 0 Å². The average Bonchev–Trinajstić information content (AvgIpc) is 3.22. The number of anilines is 2. The molecule has 1 N–H and O–H groups in total. The van der Waals surface area contributed by atoms with Gasteiger partial charge in [0.1, 0.15) is 5.69 Å². The summed E-state index contributed by atoms with van der Waals surface area (Å²) in [7, 11) is 0. The van der Waals surface area contributed by atoms with Crippen LogP contribution < -0.4 is 5.32 Å². The first-order valence-electron chi connectivity index (χ1n) is 9.74. The molecule has 1 spiro atoms. The predicted octanol–water partition coefficient (Wildman–Crippen LogP) is 2.75. The smallest absolute Gasteiger partial charge is 0.272 e. The Hall–Kier alpha value is -3.10. The van der Waals surface area contributed by atoms with Crippen molar-refractivity contribution in [1.29, 1.82) is 0 Å². The van der Waals surface area contributed by atoms with Gasteiger partial charge in [0, 0.05) is 43.7 Å². The van der Waals surface area contributed by atoms with Gasteiger partial charge in [0.25, 0.3) is 5.91 Å². The summed E-state index contributed by atoms with van der Waals surface area (Å²) in [6.07, 6.45) is 4.69. The summed E-state index contributed by atoms with van der Waals surface area (Å²) in [4.78, 5) is 27.9. The summed E-state index contributed by atoms with van der Waals surface area (Å²) in [6, 6.07) is 11.4. The number of pyridine rings is 1. The molecule has 0 saturated carbocycles. The highest BCUT2D eigenvalue weighted by molar-refractivity contribution is 5.93. The van der Waals surface area contributed by atoms with Gasteiger partial charge in [0.05, 0.1) is 24.4 Å². The van der Waals surface area contributed by atoms with Crippen molar-refractivity contribution in [1.82, 2.24) is 19.9 Å². The quantitative estimate of drug-likeness (QED) is 0.734. The molecule has 1 aromatic carbocycles.